The van der Waals surface area contributed by atoms with Gasteiger partial charge >= 0.3 is 6.01 Å². The van der Waals surface area contributed by atoms with E-state index in [0.717, 1.165) is 19.3 Å². The minimum absolute atomic E-state index is 0.0424. The molecule has 8 heteroatoms. The van der Waals surface area contributed by atoms with E-state index >= 15 is 0 Å². The second-order valence-corrected chi connectivity index (χ2v) is 4.78. The van der Waals surface area contributed by atoms with Crippen LogP contribution >= 0.6 is 11.6 Å². The highest BCUT2D eigenvalue weighted by molar-refractivity contribution is 6.28. The van der Waals surface area contributed by atoms with Crippen molar-refractivity contribution in [2.75, 3.05) is 25.1 Å². The first-order valence-corrected chi connectivity index (χ1v) is 7.06. The quantitative estimate of drug-likeness (QED) is 0.894. The molecule has 1 amide bonds. The molecule has 7 nitrogen and oxygen atoms in total. The van der Waals surface area contributed by atoms with Crippen LogP contribution in [0.1, 0.15) is 26.2 Å². The number of carbonyl (C=O) groups is 1. The Morgan fingerprint density at radius 1 is 1.45 bits per heavy atom. The normalized spacial score (nSPS) is 18.8. The zero-order valence-corrected chi connectivity index (χ0v) is 12.4. The lowest BCUT2D eigenvalue weighted by molar-refractivity contribution is -0.122. The molecule has 0 aliphatic carbocycles. The van der Waals surface area contributed by atoms with Crippen molar-refractivity contribution in [3.05, 3.63) is 5.28 Å². The Hall–Kier alpha value is -1.63. The highest BCUT2D eigenvalue weighted by Crippen LogP contribution is 2.24. The van der Waals surface area contributed by atoms with Gasteiger partial charge in [0.1, 0.15) is 6.04 Å². The molecule has 1 atom stereocenters. The Morgan fingerprint density at radius 3 is 2.95 bits per heavy atom. The van der Waals surface area contributed by atoms with E-state index in [0.29, 0.717) is 19.1 Å². The van der Waals surface area contributed by atoms with Crippen molar-refractivity contribution < 1.29 is 9.53 Å². The van der Waals surface area contributed by atoms with Crippen LogP contribution in [-0.4, -0.2) is 47.1 Å². The molecule has 110 valence electrons. The Kier molecular flexibility index (Phi) is 4.94. The van der Waals surface area contributed by atoms with E-state index in [2.05, 4.69) is 20.3 Å². The zero-order chi connectivity index (χ0) is 14.5. The fourth-order valence-corrected chi connectivity index (χ4v) is 2.40. The number of carbonyl (C=O) groups excluding carboxylic acids is 1. The molecule has 0 saturated carbocycles. The summed E-state index contributed by atoms with van der Waals surface area (Å²) in [5, 5.41) is 2.74. The van der Waals surface area contributed by atoms with Crippen LogP contribution in [-0.2, 0) is 4.79 Å². The number of nitrogens with zero attached hydrogens (tertiary/aromatic N) is 4. The molecule has 1 aromatic heterocycles. The largest absolute Gasteiger partial charge is 0.464 e. The maximum Gasteiger partial charge on any atom is 0.322 e. The van der Waals surface area contributed by atoms with E-state index in [1.807, 2.05) is 11.8 Å². The predicted octanol–water partition coefficient (Wildman–Crippen LogP) is 1.03. The molecule has 0 spiro atoms. The fourth-order valence-electron chi connectivity index (χ4n) is 2.25. The fraction of sp³-hybridized carbons (Fsp3) is 0.667. The van der Waals surface area contributed by atoms with Gasteiger partial charge in [-0.15, -0.1) is 0 Å². The van der Waals surface area contributed by atoms with Gasteiger partial charge in [0.25, 0.3) is 0 Å². The van der Waals surface area contributed by atoms with E-state index in [4.69, 9.17) is 16.3 Å². The number of rotatable bonds is 4. The Bertz CT molecular complexity index is 485. The minimum Gasteiger partial charge on any atom is -0.464 e. The number of hydrogen-bond acceptors (Lipinski definition) is 6. The number of ether oxygens (including phenoxy) is 1. The molecule has 1 unspecified atom stereocenters. The van der Waals surface area contributed by atoms with Gasteiger partial charge in [0.05, 0.1) is 6.61 Å². The summed E-state index contributed by atoms with van der Waals surface area (Å²) in [7, 11) is 1.63. The van der Waals surface area contributed by atoms with Gasteiger partial charge in [-0.3, -0.25) is 4.79 Å². The topological polar surface area (TPSA) is 80.2 Å². The van der Waals surface area contributed by atoms with E-state index in [-0.39, 0.29) is 23.2 Å². The zero-order valence-electron chi connectivity index (χ0n) is 11.6. The Morgan fingerprint density at radius 2 is 2.25 bits per heavy atom. The third kappa shape index (κ3) is 3.27. The van der Waals surface area contributed by atoms with Crippen molar-refractivity contribution in [2.24, 2.45) is 0 Å². The van der Waals surface area contributed by atoms with Crippen LogP contribution in [0.5, 0.6) is 6.01 Å². The van der Waals surface area contributed by atoms with Gasteiger partial charge in [0, 0.05) is 13.6 Å². The molecule has 20 heavy (non-hydrogen) atoms. The summed E-state index contributed by atoms with van der Waals surface area (Å²) in [5.41, 5.74) is 0. The highest BCUT2D eigenvalue weighted by atomic mass is 35.5. The minimum atomic E-state index is -0.276. The predicted molar refractivity (Wildman–Crippen MR) is 75.1 cm³/mol. The van der Waals surface area contributed by atoms with Gasteiger partial charge in [-0.1, -0.05) is 0 Å². The second-order valence-electron chi connectivity index (χ2n) is 4.44. The molecule has 0 radical (unpaired) electrons. The van der Waals surface area contributed by atoms with E-state index < -0.39 is 0 Å². The van der Waals surface area contributed by atoms with Gasteiger partial charge in [0.15, 0.2) is 0 Å². The van der Waals surface area contributed by atoms with Crippen molar-refractivity contribution in [1.29, 1.82) is 0 Å². The molecule has 1 aliphatic rings. The Balaban J connectivity index is 2.29. The molecular weight excluding hydrogens is 282 g/mol. The van der Waals surface area contributed by atoms with Gasteiger partial charge in [-0.25, -0.2) is 0 Å². The van der Waals surface area contributed by atoms with Crippen molar-refractivity contribution >= 4 is 23.5 Å². The molecule has 1 saturated heterocycles. The molecule has 2 rings (SSSR count). The summed E-state index contributed by atoms with van der Waals surface area (Å²) < 4.78 is 5.27. The van der Waals surface area contributed by atoms with Crippen LogP contribution in [0.15, 0.2) is 0 Å². The van der Waals surface area contributed by atoms with Crippen molar-refractivity contribution in [1.82, 2.24) is 20.3 Å². The van der Waals surface area contributed by atoms with Crippen LogP contribution in [0.4, 0.5) is 5.95 Å². The number of likely N-dealkylation sites (N-methyl/N-ethyl adjacent to an activating group) is 1. The number of hydrogen-bond donors (Lipinski definition) is 1. The first kappa shape index (κ1) is 14.8. The van der Waals surface area contributed by atoms with Gasteiger partial charge < -0.3 is 15.0 Å². The summed E-state index contributed by atoms with van der Waals surface area (Å²) >= 11 is 5.90. The molecule has 1 N–H and O–H groups in total. The first-order valence-electron chi connectivity index (χ1n) is 6.68. The van der Waals surface area contributed by atoms with Gasteiger partial charge in [-0.05, 0) is 37.8 Å². The molecule has 1 aromatic rings. The van der Waals surface area contributed by atoms with Crippen molar-refractivity contribution in [2.45, 2.75) is 32.2 Å². The van der Waals surface area contributed by atoms with Crippen LogP contribution in [0, 0.1) is 0 Å². The second kappa shape index (κ2) is 6.69. The number of anilines is 1. The first-order chi connectivity index (χ1) is 9.65. The molecule has 1 fully saturated rings. The van der Waals surface area contributed by atoms with Crippen LogP contribution in [0.3, 0.4) is 0 Å². The summed E-state index contributed by atoms with van der Waals surface area (Å²) in [6.07, 6.45) is 2.76. The lowest BCUT2D eigenvalue weighted by Gasteiger charge is -2.34. The maximum absolute atomic E-state index is 12.0. The van der Waals surface area contributed by atoms with E-state index in [1.165, 1.54) is 0 Å². The average molecular weight is 300 g/mol. The lowest BCUT2D eigenvalue weighted by atomic mass is 10.0. The van der Waals surface area contributed by atoms with Crippen LogP contribution < -0.4 is 15.0 Å². The van der Waals surface area contributed by atoms with E-state index in [9.17, 15) is 4.79 Å². The summed E-state index contributed by atoms with van der Waals surface area (Å²) in [4.78, 5) is 26.1. The number of amides is 1. The number of aromatic nitrogens is 3. The highest BCUT2D eigenvalue weighted by Gasteiger charge is 2.30. The lowest BCUT2D eigenvalue weighted by Crippen LogP contribution is -2.49. The van der Waals surface area contributed by atoms with Crippen molar-refractivity contribution in [3.63, 3.8) is 0 Å². The summed E-state index contributed by atoms with van der Waals surface area (Å²) in [5.74, 6) is 0.348. The standard InChI is InChI=1S/C12H18ClN5O2/c1-3-20-12-16-10(13)15-11(17-12)18-7-5-4-6-8(18)9(19)14-2/h8H,3-7H2,1-2H3,(H,14,19). The molecule has 0 aromatic carbocycles. The molecule has 1 aliphatic heterocycles. The average Bonchev–Trinajstić information content (AvgIpc) is 2.46. The number of nitrogens with one attached hydrogen (secondary N) is 1. The Labute approximate surface area is 122 Å². The SMILES string of the molecule is CCOc1nc(Cl)nc(N2CCCCC2C(=O)NC)n1. The van der Waals surface area contributed by atoms with E-state index in [1.54, 1.807) is 7.05 Å². The smallest absolute Gasteiger partial charge is 0.322 e. The van der Waals surface area contributed by atoms with Crippen LogP contribution in [0.2, 0.25) is 5.28 Å². The molecule has 2 heterocycles. The molecular formula is C12H18ClN5O2. The molecule has 0 bridgehead atoms. The number of halogens is 1. The van der Waals surface area contributed by atoms with Gasteiger partial charge in [0.2, 0.25) is 17.1 Å². The summed E-state index contributed by atoms with van der Waals surface area (Å²) in [6, 6.07) is -0.0922. The number of piperidine rings is 1. The van der Waals surface area contributed by atoms with Crippen molar-refractivity contribution in [3.8, 4) is 6.01 Å². The maximum atomic E-state index is 12.0. The third-order valence-corrected chi connectivity index (χ3v) is 3.33. The van der Waals surface area contributed by atoms with Gasteiger partial charge in [-0.2, -0.15) is 15.0 Å². The van der Waals surface area contributed by atoms with Crippen LogP contribution in [0.25, 0.3) is 0 Å². The third-order valence-electron chi connectivity index (χ3n) is 3.16. The monoisotopic (exact) mass is 299 g/mol. The summed E-state index contributed by atoms with van der Waals surface area (Å²) in [6.45, 7) is 2.99.